The van der Waals surface area contributed by atoms with Gasteiger partial charge in [-0.05, 0) is 47.9 Å². The largest absolute Gasteiger partial charge is 0.508 e. The van der Waals surface area contributed by atoms with Gasteiger partial charge in [0.1, 0.15) is 11.5 Å². The van der Waals surface area contributed by atoms with E-state index in [0.29, 0.717) is 11.1 Å². The monoisotopic (exact) mass is 311 g/mol. The van der Waals surface area contributed by atoms with Gasteiger partial charge in [-0.3, -0.25) is 9.36 Å². The van der Waals surface area contributed by atoms with Crippen LogP contribution in [-0.4, -0.2) is 27.9 Å². The van der Waals surface area contributed by atoms with Crippen LogP contribution in [0.3, 0.4) is 0 Å². The van der Waals surface area contributed by atoms with Gasteiger partial charge < -0.3 is 14.9 Å². The molecule has 0 fully saturated rings. The van der Waals surface area contributed by atoms with E-state index in [0.717, 1.165) is 0 Å². The molecular weight excluding hydrogens is 298 g/mol. The Bertz CT molecular complexity index is 957. The Balaban J connectivity index is 2.34. The molecular formula is C17H13NO5. The molecule has 2 aromatic carbocycles. The molecule has 0 aliphatic carbocycles. The van der Waals surface area contributed by atoms with Crippen molar-refractivity contribution in [1.82, 2.24) is 4.57 Å². The lowest BCUT2D eigenvalue weighted by Crippen LogP contribution is -2.20. The number of aromatic nitrogens is 1. The molecule has 0 unspecified atom stereocenters. The summed E-state index contributed by atoms with van der Waals surface area (Å²) in [5, 5.41) is 19.7. The number of ether oxygens (including phenoxy) is 1. The fourth-order valence-corrected chi connectivity index (χ4v) is 2.45. The molecule has 0 amide bonds. The van der Waals surface area contributed by atoms with Crippen LogP contribution in [0, 0.1) is 0 Å². The van der Waals surface area contributed by atoms with Crippen molar-refractivity contribution in [2.24, 2.45) is 0 Å². The number of hydrogen-bond acceptors (Lipinski definition) is 5. The number of fused-ring (bicyclic) bond motifs is 1. The topological polar surface area (TPSA) is 88.8 Å². The summed E-state index contributed by atoms with van der Waals surface area (Å²) in [5.74, 6) is -0.742. The summed E-state index contributed by atoms with van der Waals surface area (Å²) < 4.78 is 6.04. The number of methoxy groups -OCH3 is 1. The van der Waals surface area contributed by atoms with Gasteiger partial charge in [0.15, 0.2) is 0 Å². The Morgan fingerprint density at radius 2 is 1.74 bits per heavy atom. The van der Waals surface area contributed by atoms with Crippen LogP contribution in [-0.2, 0) is 4.74 Å². The first-order valence-electron chi connectivity index (χ1n) is 6.77. The van der Waals surface area contributed by atoms with Crippen LogP contribution in [0.4, 0.5) is 0 Å². The van der Waals surface area contributed by atoms with Gasteiger partial charge in [-0.2, -0.15) is 0 Å². The Morgan fingerprint density at radius 1 is 1.04 bits per heavy atom. The fraction of sp³-hybridized carbons (Fsp3) is 0.0588. The molecule has 3 rings (SSSR count). The number of carbonyl (C=O) groups is 1. The lowest BCUT2D eigenvalue weighted by molar-refractivity contribution is 0.0602. The summed E-state index contributed by atoms with van der Waals surface area (Å²) >= 11 is 0. The van der Waals surface area contributed by atoms with Crippen LogP contribution in [0.25, 0.3) is 16.5 Å². The van der Waals surface area contributed by atoms with Gasteiger partial charge in [-0.1, -0.05) is 0 Å². The van der Waals surface area contributed by atoms with Gasteiger partial charge in [-0.15, -0.1) is 0 Å². The molecule has 0 radical (unpaired) electrons. The van der Waals surface area contributed by atoms with Crippen LogP contribution in [0.2, 0.25) is 0 Å². The molecule has 0 aliphatic heterocycles. The second kappa shape index (κ2) is 5.49. The van der Waals surface area contributed by atoms with E-state index in [4.69, 9.17) is 0 Å². The predicted molar refractivity (Wildman–Crippen MR) is 84.2 cm³/mol. The van der Waals surface area contributed by atoms with E-state index in [9.17, 15) is 19.8 Å². The average Bonchev–Trinajstić information content (AvgIpc) is 2.54. The van der Waals surface area contributed by atoms with E-state index in [2.05, 4.69) is 4.74 Å². The molecule has 1 aromatic heterocycles. The highest BCUT2D eigenvalue weighted by molar-refractivity contribution is 6.04. The third-order valence-electron chi connectivity index (χ3n) is 3.52. The van der Waals surface area contributed by atoms with E-state index in [1.807, 2.05) is 0 Å². The highest BCUT2D eigenvalue weighted by atomic mass is 16.5. The minimum absolute atomic E-state index is 0.000582. The van der Waals surface area contributed by atoms with Crippen molar-refractivity contribution in [3.05, 3.63) is 64.6 Å². The maximum atomic E-state index is 12.8. The van der Waals surface area contributed by atoms with Crippen LogP contribution in [0.1, 0.15) is 10.4 Å². The Labute approximate surface area is 130 Å². The van der Waals surface area contributed by atoms with Gasteiger partial charge in [0.2, 0.25) is 0 Å². The van der Waals surface area contributed by atoms with Gasteiger partial charge >= 0.3 is 5.97 Å². The molecule has 0 saturated heterocycles. The molecule has 0 atom stereocenters. The highest BCUT2D eigenvalue weighted by Crippen LogP contribution is 2.23. The van der Waals surface area contributed by atoms with Gasteiger partial charge in [0.05, 0.1) is 18.1 Å². The summed E-state index contributed by atoms with van der Waals surface area (Å²) in [6.45, 7) is 0. The first-order chi connectivity index (χ1) is 11.0. The number of pyridine rings is 1. The van der Waals surface area contributed by atoms with Crippen molar-refractivity contribution in [2.45, 2.75) is 0 Å². The van der Waals surface area contributed by atoms with Crippen LogP contribution < -0.4 is 5.56 Å². The molecule has 6 nitrogen and oxygen atoms in total. The van der Waals surface area contributed by atoms with Crippen LogP contribution in [0.5, 0.6) is 11.5 Å². The lowest BCUT2D eigenvalue weighted by Gasteiger charge is -2.10. The Hall–Kier alpha value is -3.28. The zero-order valence-corrected chi connectivity index (χ0v) is 12.2. The standard InChI is InChI=1S/C17H13NO5/c1-23-17(22)14-9-13(20)8-10-6-7-18(16(21)15(10)14)11-2-4-12(19)5-3-11/h2-9,19-20H,1H3. The first-order valence-corrected chi connectivity index (χ1v) is 6.77. The number of carbonyl (C=O) groups excluding carboxylic acids is 1. The quantitative estimate of drug-likeness (QED) is 0.708. The highest BCUT2D eigenvalue weighted by Gasteiger charge is 2.16. The second-order valence-corrected chi connectivity index (χ2v) is 4.96. The summed E-state index contributed by atoms with van der Waals surface area (Å²) in [7, 11) is 1.21. The number of esters is 1. The molecule has 116 valence electrons. The van der Waals surface area contributed by atoms with Crippen molar-refractivity contribution >= 4 is 16.7 Å². The number of aromatic hydroxyl groups is 2. The Morgan fingerprint density at radius 3 is 2.39 bits per heavy atom. The number of nitrogens with zero attached hydrogens (tertiary/aromatic N) is 1. The zero-order valence-electron chi connectivity index (χ0n) is 12.2. The van der Waals surface area contributed by atoms with Crippen molar-refractivity contribution in [3.63, 3.8) is 0 Å². The summed E-state index contributed by atoms with van der Waals surface area (Å²) in [6.07, 6.45) is 1.54. The normalized spacial score (nSPS) is 10.7. The van der Waals surface area contributed by atoms with Crippen molar-refractivity contribution in [2.75, 3.05) is 7.11 Å². The number of phenolic OH excluding ortho intramolecular Hbond substituents is 2. The van der Waals surface area contributed by atoms with Gasteiger partial charge in [0, 0.05) is 11.9 Å². The average molecular weight is 311 g/mol. The maximum Gasteiger partial charge on any atom is 0.338 e. The SMILES string of the molecule is COC(=O)c1cc(O)cc2ccn(-c3ccc(O)cc3)c(=O)c12. The Kier molecular flexibility index (Phi) is 3.50. The van der Waals surface area contributed by atoms with E-state index in [1.165, 1.54) is 42.1 Å². The fourth-order valence-electron chi connectivity index (χ4n) is 2.45. The van der Waals surface area contributed by atoms with E-state index < -0.39 is 11.5 Å². The number of phenols is 2. The molecule has 6 heteroatoms. The van der Waals surface area contributed by atoms with E-state index in [1.54, 1.807) is 18.2 Å². The van der Waals surface area contributed by atoms with Crippen LogP contribution >= 0.6 is 0 Å². The zero-order chi connectivity index (χ0) is 16.6. The van der Waals surface area contributed by atoms with Crippen molar-refractivity contribution < 1.29 is 19.7 Å². The maximum absolute atomic E-state index is 12.8. The van der Waals surface area contributed by atoms with Gasteiger partial charge in [-0.25, -0.2) is 4.79 Å². The molecule has 0 saturated carbocycles. The smallest absolute Gasteiger partial charge is 0.338 e. The van der Waals surface area contributed by atoms with Crippen LogP contribution in [0.15, 0.2) is 53.5 Å². The number of rotatable bonds is 2. The summed E-state index contributed by atoms with van der Waals surface area (Å²) in [5.41, 5.74) is 0.118. The molecule has 1 heterocycles. The predicted octanol–water partition coefficient (Wildman–Crippen LogP) is 2.19. The summed E-state index contributed by atoms with van der Waals surface area (Å²) in [4.78, 5) is 24.7. The minimum Gasteiger partial charge on any atom is -0.508 e. The molecule has 2 N–H and O–H groups in total. The third kappa shape index (κ3) is 2.50. The molecule has 0 bridgehead atoms. The number of benzene rings is 2. The molecule has 23 heavy (non-hydrogen) atoms. The second-order valence-electron chi connectivity index (χ2n) is 4.96. The summed E-state index contributed by atoms with van der Waals surface area (Å²) in [6, 6.07) is 10.3. The minimum atomic E-state index is -0.702. The number of hydrogen-bond donors (Lipinski definition) is 2. The third-order valence-corrected chi connectivity index (χ3v) is 3.52. The molecule has 0 spiro atoms. The van der Waals surface area contributed by atoms with Crippen molar-refractivity contribution in [1.29, 1.82) is 0 Å². The van der Waals surface area contributed by atoms with E-state index >= 15 is 0 Å². The molecule has 0 aliphatic rings. The van der Waals surface area contributed by atoms with Crippen molar-refractivity contribution in [3.8, 4) is 17.2 Å². The van der Waals surface area contributed by atoms with E-state index in [-0.39, 0.29) is 22.4 Å². The first kappa shape index (κ1) is 14.6. The van der Waals surface area contributed by atoms with Gasteiger partial charge in [0.25, 0.3) is 5.56 Å². The molecule has 3 aromatic rings. The lowest BCUT2D eigenvalue weighted by atomic mass is 10.1.